The molecule has 1 aliphatic heterocycles. The van der Waals surface area contributed by atoms with E-state index in [4.69, 9.17) is 0 Å². The third-order valence-electron chi connectivity index (χ3n) is 3.92. The van der Waals surface area contributed by atoms with Crippen LogP contribution in [0.3, 0.4) is 0 Å². The maximum atomic E-state index is 12.5. The zero-order valence-electron chi connectivity index (χ0n) is 12.7. The molecule has 6 heteroatoms. The summed E-state index contributed by atoms with van der Waals surface area (Å²) in [5, 5.41) is 9.22. The first kappa shape index (κ1) is 15.0. The molecule has 0 spiro atoms. The lowest BCUT2D eigenvalue weighted by molar-refractivity contribution is 0.0767. The molecule has 0 bridgehead atoms. The first-order valence-corrected chi connectivity index (χ1v) is 7.59. The average Bonchev–Trinajstić information content (AvgIpc) is 2.88. The smallest absolute Gasteiger partial charge is 0.254 e. The van der Waals surface area contributed by atoms with Gasteiger partial charge in [0.1, 0.15) is 11.9 Å². The Balaban J connectivity index is 1.73. The Labute approximate surface area is 135 Å². The van der Waals surface area contributed by atoms with Crippen molar-refractivity contribution in [3.63, 3.8) is 0 Å². The largest absolute Gasteiger partial charge is 0.354 e. The van der Waals surface area contributed by atoms with Crippen LogP contribution in [-0.2, 0) is 0 Å². The first-order valence-electron chi connectivity index (χ1n) is 7.59. The Morgan fingerprint density at radius 1 is 1.09 bits per heavy atom. The molecule has 1 fully saturated rings. The molecule has 0 N–H and O–H groups in total. The van der Waals surface area contributed by atoms with Crippen molar-refractivity contribution in [2.24, 2.45) is 0 Å². The third-order valence-corrected chi connectivity index (χ3v) is 3.92. The van der Waals surface area contributed by atoms with E-state index < -0.39 is 0 Å². The van der Waals surface area contributed by atoms with Gasteiger partial charge in [0.2, 0.25) is 0 Å². The Morgan fingerprint density at radius 2 is 1.91 bits per heavy atom. The molecule has 0 unspecified atom stereocenters. The second kappa shape index (κ2) is 6.88. The van der Waals surface area contributed by atoms with Gasteiger partial charge in [-0.2, -0.15) is 5.26 Å². The second-order valence-electron chi connectivity index (χ2n) is 5.36. The Hall–Kier alpha value is -2.94. The van der Waals surface area contributed by atoms with Crippen molar-refractivity contribution in [1.29, 1.82) is 5.26 Å². The number of carbonyl (C=O) groups excluding carboxylic acids is 1. The maximum absolute atomic E-state index is 12.5. The topological polar surface area (TPSA) is 73.1 Å². The van der Waals surface area contributed by atoms with Gasteiger partial charge < -0.3 is 9.80 Å². The van der Waals surface area contributed by atoms with Gasteiger partial charge in [-0.15, -0.1) is 0 Å². The number of pyridine rings is 2. The number of anilines is 1. The summed E-state index contributed by atoms with van der Waals surface area (Å²) in [5.74, 6) is 0.726. The van der Waals surface area contributed by atoms with Crippen LogP contribution in [0.25, 0.3) is 0 Å². The molecule has 3 rings (SSSR count). The van der Waals surface area contributed by atoms with Crippen LogP contribution in [0.2, 0.25) is 0 Å². The van der Waals surface area contributed by atoms with Crippen LogP contribution in [0.1, 0.15) is 22.3 Å². The predicted octanol–water partition coefficient (Wildman–Crippen LogP) is 1.70. The highest BCUT2D eigenvalue weighted by Gasteiger charge is 2.22. The molecular formula is C17H17N5O. The quantitative estimate of drug-likeness (QED) is 0.844. The monoisotopic (exact) mass is 307 g/mol. The number of aromatic nitrogens is 2. The van der Waals surface area contributed by atoms with E-state index in [-0.39, 0.29) is 5.91 Å². The fourth-order valence-corrected chi connectivity index (χ4v) is 2.75. The standard InChI is InChI=1S/C17H17N5O/c18-13-15-3-1-6-20-16(15)21-9-2-10-22(12-11-21)17(23)14-4-7-19-8-5-14/h1,3-8H,2,9-12H2. The van der Waals surface area contributed by atoms with Crippen LogP contribution in [0.15, 0.2) is 42.9 Å². The lowest BCUT2D eigenvalue weighted by Gasteiger charge is -2.23. The fraction of sp³-hybridized carbons (Fsp3) is 0.294. The number of hydrogen-bond acceptors (Lipinski definition) is 5. The molecule has 0 aliphatic carbocycles. The van der Waals surface area contributed by atoms with Crippen LogP contribution < -0.4 is 4.90 Å². The van der Waals surface area contributed by atoms with Crippen molar-refractivity contribution in [1.82, 2.24) is 14.9 Å². The van der Waals surface area contributed by atoms with E-state index in [9.17, 15) is 10.1 Å². The minimum absolute atomic E-state index is 0.0239. The molecule has 23 heavy (non-hydrogen) atoms. The number of amides is 1. The van der Waals surface area contributed by atoms with Crippen LogP contribution in [0.5, 0.6) is 0 Å². The van der Waals surface area contributed by atoms with Gasteiger partial charge in [0, 0.05) is 50.3 Å². The number of carbonyl (C=O) groups is 1. The van der Waals surface area contributed by atoms with Gasteiger partial charge in [0.25, 0.3) is 5.91 Å². The van der Waals surface area contributed by atoms with Gasteiger partial charge in [-0.1, -0.05) is 0 Å². The summed E-state index contributed by atoms with van der Waals surface area (Å²) in [6, 6.07) is 9.18. The predicted molar refractivity (Wildman–Crippen MR) is 85.9 cm³/mol. The summed E-state index contributed by atoms with van der Waals surface area (Å²) in [7, 11) is 0. The molecule has 0 saturated carbocycles. The van der Waals surface area contributed by atoms with E-state index in [0.29, 0.717) is 36.6 Å². The van der Waals surface area contributed by atoms with Crippen LogP contribution in [0.4, 0.5) is 5.82 Å². The highest BCUT2D eigenvalue weighted by atomic mass is 16.2. The van der Waals surface area contributed by atoms with E-state index in [0.717, 1.165) is 13.0 Å². The van der Waals surface area contributed by atoms with Crippen LogP contribution in [0, 0.1) is 11.3 Å². The van der Waals surface area contributed by atoms with Crippen molar-refractivity contribution in [2.45, 2.75) is 6.42 Å². The Bertz CT molecular complexity index is 725. The fourth-order valence-electron chi connectivity index (χ4n) is 2.75. The number of nitrogens with zero attached hydrogens (tertiary/aromatic N) is 5. The van der Waals surface area contributed by atoms with Gasteiger partial charge in [-0.3, -0.25) is 9.78 Å². The Kier molecular flexibility index (Phi) is 4.48. The maximum Gasteiger partial charge on any atom is 0.254 e. The second-order valence-corrected chi connectivity index (χ2v) is 5.36. The molecule has 2 aromatic heterocycles. The minimum Gasteiger partial charge on any atom is -0.354 e. The molecule has 6 nitrogen and oxygen atoms in total. The average molecular weight is 307 g/mol. The van der Waals surface area contributed by atoms with E-state index in [2.05, 4.69) is 20.9 Å². The van der Waals surface area contributed by atoms with Gasteiger partial charge in [-0.25, -0.2) is 4.98 Å². The summed E-state index contributed by atoms with van der Waals surface area (Å²) in [4.78, 5) is 24.7. The SMILES string of the molecule is N#Cc1cccnc1N1CCCN(C(=O)c2ccncc2)CC1. The molecule has 1 saturated heterocycles. The van der Waals surface area contributed by atoms with Crippen molar-refractivity contribution >= 4 is 11.7 Å². The molecule has 2 aromatic rings. The molecule has 0 aromatic carbocycles. The van der Waals surface area contributed by atoms with E-state index >= 15 is 0 Å². The van der Waals surface area contributed by atoms with E-state index in [1.165, 1.54) is 0 Å². The summed E-state index contributed by atoms with van der Waals surface area (Å²) >= 11 is 0. The van der Waals surface area contributed by atoms with E-state index in [1.54, 1.807) is 42.9 Å². The van der Waals surface area contributed by atoms with Gasteiger partial charge in [0.15, 0.2) is 0 Å². The van der Waals surface area contributed by atoms with Gasteiger partial charge in [-0.05, 0) is 30.7 Å². The van der Waals surface area contributed by atoms with Crippen LogP contribution in [-0.4, -0.2) is 47.0 Å². The summed E-state index contributed by atoms with van der Waals surface area (Å²) < 4.78 is 0. The van der Waals surface area contributed by atoms with Gasteiger partial charge in [0.05, 0.1) is 5.56 Å². The molecule has 3 heterocycles. The highest BCUT2D eigenvalue weighted by Crippen LogP contribution is 2.18. The van der Waals surface area contributed by atoms with E-state index in [1.807, 2.05) is 4.90 Å². The molecular weight excluding hydrogens is 290 g/mol. The number of nitriles is 1. The molecule has 0 radical (unpaired) electrons. The van der Waals surface area contributed by atoms with Crippen molar-refractivity contribution in [2.75, 3.05) is 31.1 Å². The lowest BCUT2D eigenvalue weighted by Crippen LogP contribution is -2.35. The van der Waals surface area contributed by atoms with Crippen molar-refractivity contribution in [3.8, 4) is 6.07 Å². The molecule has 1 aliphatic rings. The van der Waals surface area contributed by atoms with Crippen LogP contribution >= 0.6 is 0 Å². The van der Waals surface area contributed by atoms with Gasteiger partial charge >= 0.3 is 0 Å². The summed E-state index contributed by atoms with van der Waals surface area (Å²) in [5.41, 5.74) is 1.23. The number of rotatable bonds is 2. The minimum atomic E-state index is 0.0239. The first-order chi connectivity index (χ1) is 11.3. The van der Waals surface area contributed by atoms with Crippen molar-refractivity contribution < 1.29 is 4.79 Å². The highest BCUT2D eigenvalue weighted by molar-refractivity contribution is 5.94. The zero-order valence-corrected chi connectivity index (χ0v) is 12.7. The number of hydrogen-bond donors (Lipinski definition) is 0. The zero-order chi connectivity index (χ0) is 16.1. The summed E-state index contributed by atoms with van der Waals surface area (Å²) in [6.07, 6.45) is 5.80. The molecule has 116 valence electrons. The molecule has 1 amide bonds. The summed E-state index contributed by atoms with van der Waals surface area (Å²) in [6.45, 7) is 2.77. The molecule has 0 atom stereocenters. The normalized spacial score (nSPS) is 14.9. The lowest BCUT2D eigenvalue weighted by atomic mass is 10.2. The van der Waals surface area contributed by atoms with Crippen molar-refractivity contribution in [3.05, 3.63) is 54.0 Å². The Morgan fingerprint density at radius 3 is 2.70 bits per heavy atom. The third kappa shape index (κ3) is 3.29.